The third-order valence-electron chi connectivity index (χ3n) is 5.66. The molecule has 3 N–H and O–H groups in total. The van der Waals surface area contributed by atoms with E-state index >= 15 is 0 Å². The average Bonchev–Trinajstić information content (AvgIpc) is 2.92. The van der Waals surface area contributed by atoms with Crippen molar-refractivity contribution in [3.05, 3.63) is 56.3 Å². The summed E-state index contributed by atoms with van der Waals surface area (Å²) in [5, 5.41) is 9.36. The van der Waals surface area contributed by atoms with Crippen LogP contribution in [0.4, 0.5) is 4.79 Å². The van der Waals surface area contributed by atoms with Crippen LogP contribution in [0.3, 0.4) is 0 Å². The van der Waals surface area contributed by atoms with Crippen molar-refractivity contribution in [2.45, 2.75) is 39.8 Å². The first kappa shape index (κ1) is 31.5. The van der Waals surface area contributed by atoms with Gasteiger partial charge in [-0.15, -0.1) is 0 Å². The van der Waals surface area contributed by atoms with Gasteiger partial charge in [0, 0.05) is 14.8 Å². The summed E-state index contributed by atoms with van der Waals surface area (Å²) in [6.45, 7) is 6.96. The lowest BCUT2D eigenvalue weighted by atomic mass is 9.95. The maximum Gasteiger partial charge on any atom is 0.338 e. The number of halogens is 1. The summed E-state index contributed by atoms with van der Waals surface area (Å²) in [5.41, 5.74) is 4.29. The SMILES string of the molecule is CCOC(=O)C1=C(C)NC(=O)N[C@@H]1c1ccc(OCC(=O)N/N=C/c2cc(I)cc(OC)c2OC(C)C)c(OC)c1. The van der Waals surface area contributed by atoms with Crippen LogP contribution >= 0.6 is 22.6 Å². The van der Waals surface area contributed by atoms with Gasteiger partial charge in [-0.1, -0.05) is 6.07 Å². The standard InChI is InChI=1S/C28H33IN4O8/c1-7-39-27(35)24-16(4)31-28(36)32-25(24)17-8-9-20(21(11-17)37-5)40-14-23(34)33-30-13-18-10-19(29)12-22(38-6)26(18)41-15(2)3/h8-13,15,25H,7,14H2,1-6H3,(H,33,34)(H2,31,32,36)/b30-13+/t25-/m1/s1. The predicted octanol–water partition coefficient (Wildman–Crippen LogP) is 3.82. The van der Waals surface area contributed by atoms with E-state index in [4.69, 9.17) is 23.7 Å². The molecule has 0 radical (unpaired) electrons. The van der Waals surface area contributed by atoms with E-state index in [1.807, 2.05) is 26.0 Å². The minimum atomic E-state index is -0.771. The molecule has 0 aliphatic carbocycles. The molecule has 0 unspecified atom stereocenters. The lowest BCUT2D eigenvalue weighted by Crippen LogP contribution is -2.45. The molecule has 0 fully saturated rings. The highest BCUT2D eigenvalue weighted by atomic mass is 127. The van der Waals surface area contributed by atoms with Gasteiger partial charge in [-0.25, -0.2) is 15.0 Å². The van der Waals surface area contributed by atoms with Crippen molar-refractivity contribution in [3.8, 4) is 23.0 Å². The van der Waals surface area contributed by atoms with Crippen LogP contribution in [0.5, 0.6) is 23.0 Å². The van der Waals surface area contributed by atoms with E-state index < -0.39 is 23.9 Å². The Balaban J connectivity index is 1.71. The highest BCUT2D eigenvalue weighted by molar-refractivity contribution is 14.1. The quantitative estimate of drug-likeness (QED) is 0.133. The molecule has 220 valence electrons. The highest BCUT2D eigenvalue weighted by Gasteiger charge is 2.32. The molecule has 0 spiro atoms. The van der Waals surface area contributed by atoms with E-state index in [-0.39, 0.29) is 30.6 Å². The van der Waals surface area contributed by atoms with E-state index in [1.165, 1.54) is 13.3 Å². The maximum atomic E-state index is 12.6. The number of hydrogen-bond donors (Lipinski definition) is 3. The van der Waals surface area contributed by atoms with Gasteiger partial charge in [-0.05, 0) is 80.1 Å². The van der Waals surface area contributed by atoms with Crippen LogP contribution in [-0.4, -0.2) is 57.7 Å². The Labute approximate surface area is 251 Å². The Kier molecular flexibility index (Phi) is 11.2. The largest absolute Gasteiger partial charge is 0.493 e. The van der Waals surface area contributed by atoms with Crippen LogP contribution in [0.25, 0.3) is 0 Å². The monoisotopic (exact) mass is 680 g/mol. The first-order valence-electron chi connectivity index (χ1n) is 12.7. The van der Waals surface area contributed by atoms with Crippen molar-refractivity contribution < 1.29 is 38.1 Å². The molecule has 1 heterocycles. The molecule has 1 aliphatic heterocycles. The minimum absolute atomic E-state index is 0.0942. The Morgan fingerprint density at radius 3 is 2.51 bits per heavy atom. The number of methoxy groups -OCH3 is 2. The molecule has 1 aliphatic rings. The van der Waals surface area contributed by atoms with Gasteiger partial charge >= 0.3 is 12.0 Å². The van der Waals surface area contributed by atoms with Crippen LogP contribution in [0.2, 0.25) is 0 Å². The Hall–Kier alpha value is -4.01. The molecule has 41 heavy (non-hydrogen) atoms. The normalized spacial score (nSPS) is 14.8. The lowest BCUT2D eigenvalue weighted by Gasteiger charge is -2.28. The van der Waals surface area contributed by atoms with E-state index in [9.17, 15) is 14.4 Å². The van der Waals surface area contributed by atoms with Gasteiger partial charge in [0.15, 0.2) is 29.6 Å². The van der Waals surface area contributed by atoms with E-state index in [0.29, 0.717) is 34.1 Å². The van der Waals surface area contributed by atoms with Crippen LogP contribution in [0, 0.1) is 3.57 Å². The zero-order valence-corrected chi connectivity index (χ0v) is 25.8. The molecule has 1 atom stereocenters. The first-order valence-corrected chi connectivity index (χ1v) is 13.8. The zero-order valence-electron chi connectivity index (χ0n) is 23.6. The van der Waals surface area contributed by atoms with Crippen molar-refractivity contribution in [2.75, 3.05) is 27.4 Å². The second-order valence-corrected chi connectivity index (χ2v) is 10.2. The fourth-order valence-corrected chi connectivity index (χ4v) is 4.57. The number of hydrogen-bond acceptors (Lipinski definition) is 9. The first-order chi connectivity index (χ1) is 19.6. The van der Waals surface area contributed by atoms with Crippen LogP contribution in [0.15, 0.2) is 46.7 Å². The number of urea groups is 1. The number of amides is 3. The summed E-state index contributed by atoms with van der Waals surface area (Å²) in [5.74, 6) is 0.595. The highest BCUT2D eigenvalue weighted by Crippen LogP contribution is 2.35. The molecule has 0 bridgehead atoms. The topological polar surface area (TPSA) is 146 Å². The smallest absolute Gasteiger partial charge is 0.338 e. The molecule has 3 amide bonds. The summed E-state index contributed by atoms with van der Waals surface area (Å²) < 4.78 is 28.5. The van der Waals surface area contributed by atoms with E-state index in [0.717, 1.165) is 3.57 Å². The van der Waals surface area contributed by atoms with Crippen molar-refractivity contribution in [1.29, 1.82) is 0 Å². The van der Waals surface area contributed by atoms with Gasteiger partial charge in [0.1, 0.15) is 0 Å². The van der Waals surface area contributed by atoms with Crippen molar-refractivity contribution in [2.24, 2.45) is 5.10 Å². The zero-order chi connectivity index (χ0) is 30.1. The maximum absolute atomic E-state index is 12.6. The number of nitrogens with zero attached hydrogens (tertiary/aromatic N) is 1. The van der Waals surface area contributed by atoms with Crippen molar-refractivity contribution >= 4 is 46.7 Å². The van der Waals surface area contributed by atoms with Gasteiger partial charge in [0.05, 0.1) is 44.8 Å². The third-order valence-corrected chi connectivity index (χ3v) is 6.28. The van der Waals surface area contributed by atoms with Crippen LogP contribution in [0.1, 0.15) is 44.9 Å². The average molecular weight is 680 g/mol. The molecule has 0 saturated heterocycles. The van der Waals surface area contributed by atoms with E-state index in [1.54, 1.807) is 39.2 Å². The fraction of sp³-hybridized carbons (Fsp3) is 0.357. The van der Waals surface area contributed by atoms with Crippen LogP contribution in [-0.2, 0) is 14.3 Å². The summed E-state index contributed by atoms with van der Waals surface area (Å²) in [6, 6.07) is 7.34. The summed E-state index contributed by atoms with van der Waals surface area (Å²) in [7, 11) is 3.00. The van der Waals surface area contributed by atoms with Crippen molar-refractivity contribution in [1.82, 2.24) is 16.1 Å². The molecule has 0 aromatic heterocycles. The molecular weight excluding hydrogens is 647 g/mol. The molecular formula is C28H33IN4O8. The molecule has 12 nitrogen and oxygen atoms in total. The second kappa shape index (κ2) is 14.6. The number of rotatable bonds is 12. The molecule has 0 saturated carbocycles. The Morgan fingerprint density at radius 1 is 1.12 bits per heavy atom. The Morgan fingerprint density at radius 2 is 1.85 bits per heavy atom. The van der Waals surface area contributed by atoms with Gasteiger partial charge < -0.3 is 34.3 Å². The molecule has 3 rings (SSSR count). The van der Waals surface area contributed by atoms with Gasteiger partial charge in [-0.3, -0.25) is 4.79 Å². The summed E-state index contributed by atoms with van der Waals surface area (Å²) >= 11 is 2.16. The third kappa shape index (κ3) is 8.25. The number of carbonyl (C=O) groups is 3. The van der Waals surface area contributed by atoms with Gasteiger partial charge in [0.25, 0.3) is 5.91 Å². The number of benzene rings is 2. The Bertz CT molecular complexity index is 1360. The number of ether oxygens (including phenoxy) is 5. The number of carbonyl (C=O) groups excluding carboxylic acids is 3. The molecule has 13 heteroatoms. The number of nitrogens with one attached hydrogen (secondary N) is 3. The number of esters is 1. The van der Waals surface area contributed by atoms with E-state index in [2.05, 4.69) is 43.8 Å². The summed E-state index contributed by atoms with van der Waals surface area (Å²) in [6.07, 6.45) is 1.38. The molecule has 2 aromatic rings. The second-order valence-electron chi connectivity index (χ2n) is 8.98. The van der Waals surface area contributed by atoms with Crippen molar-refractivity contribution in [3.63, 3.8) is 0 Å². The number of allylic oxidation sites excluding steroid dienone is 1. The minimum Gasteiger partial charge on any atom is -0.493 e. The van der Waals surface area contributed by atoms with Crippen LogP contribution < -0.4 is 35.0 Å². The molecule has 2 aromatic carbocycles. The lowest BCUT2D eigenvalue weighted by molar-refractivity contribution is -0.139. The van der Waals surface area contributed by atoms with Gasteiger partial charge in [-0.2, -0.15) is 5.10 Å². The fourth-order valence-electron chi connectivity index (χ4n) is 3.95. The van der Waals surface area contributed by atoms with Gasteiger partial charge in [0.2, 0.25) is 0 Å². The summed E-state index contributed by atoms with van der Waals surface area (Å²) in [4.78, 5) is 37.2. The number of hydrazone groups is 1. The predicted molar refractivity (Wildman–Crippen MR) is 159 cm³/mol.